The van der Waals surface area contributed by atoms with Crippen molar-refractivity contribution in [2.24, 2.45) is 0 Å². The van der Waals surface area contributed by atoms with Gasteiger partial charge in [0.15, 0.2) is 5.76 Å². The lowest BCUT2D eigenvalue weighted by molar-refractivity contribution is 0.369. The number of hydrogen-bond acceptors (Lipinski definition) is 3. The lowest BCUT2D eigenvalue weighted by Crippen LogP contribution is -2.12. The van der Waals surface area contributed by atoms with Gasteiger partial charge in [-0.25, -0.2) is 4.39 Å². The van der Waals surface area contributed by atoms with Gasteiger partial charge < -0.3 is 9.84 Å². The van der Waals surface area contributed by atoms with Crippen LogP contribution in [0, 0.1) is 12.7 Å². The van der Waals surface area contributed by atoms with E-state index in [4.69, 9.17) is 16.1 Å². The van der Waals surface area contributed by atoms with Crippen LogP contribution in [0.3, 0.4) is 0 Å². The van der Waals surface area contributed by atoms with E-state index in [2.05, 4.69) is 10.5 Å². The predicted molar refractivity (Wildman–Crippen MR) is 63.2 cm³/mol. The summed E-state index contributed by atoms with van der Waals surface area (Å²) < 4.78 is 18.2. The van der Waals surface area contributed by atoms with Gasteiger partial charge in [0.25, 0.3) is 0 Å². The number of nitrogens with one attached hydrogen (secondary N) is 1. The van der Waals surface area contributed by atoms with Crippen molar-refractivity contribution in [3.8, 4) is 0 Å². The third-order valence-corrected chi connectivity index (χ3v) is 2.60. The molecule has 3 nitrogen and oxygen atoms in total. The van der Waals surface area contributed by atoms with Crippen LogP contribution in [0.2, 0.25) is 5.02 Å². The van der Waals surface area contributed by atoms with Crippen LogP contribution < -0.4 is 5.32 Å². The molecule has 0 atom stereocenters. The Morgan fingerprint density at radius 2 is 2.18 bits per heavy atom. The number of benzene rings is 1. The van der Waals surface area contributed by atoms with Crippen LogP contribution in [0.25, 0.3) is 0 Å². The first-order chi connectivity index (χ1) is 8.15. The zero-order valence-corrected chi connectivity index (χ0v) is 10.1. The number of rotatable bonds is 4. The molecule has 1 aromatic carbocycles. The standard InChI is InChI=1S/C12H12ClFN2O/c1-8-4-10(17-16-8)7-15-6-9-2-3-11(13)12(14)5-9/h2-5,15H,6-7H2,1H3. The van der Waals surface area contributed by atoms with Crippen molar-refractivity contribution in [2.45, 2.75) is 20.0 Å². The average Bonchev–Trinajstić information content (AvgIpc) is 2.70. The zero-order valence-electron chi connectivity index (χ0n) is 9.34. The van der Waals surface area contributed by atoms with E-state index in [0.717, 1.165) is 17.0 Å². The molecule has 0 unspecified atom stereocenters. The highest BCUT2D eigenvalue weighted by atomic mass is 35.5. The topological polar surface area (TPSA) is 38.1 Å². The Balaban J connectivity index is 1.87. The first kappa shape index (κ1) is 12.1. The molecule has 0 aliphatic heterocycles. The summed E-state index contributed by atoms with van der Waals surface area (Å²) in [6, 6.07) is 6.60. The SMILES string of the molecule is Cc1cc(CNCc2ccc(Cl)c(F)c2)on1. The smallest absolute Gasteiger partial charge is 0.150 e. The second kappa shape index (κ2) is 5.29. The van der Waals surface area contributed by atoms with E-state index in [9.17, 15) is 4.39 Å². The van der Waals surface area contributed by atoms with Crippen LogP contribution in [0.4, 0.5) is 4.39 Å². The van der Waals surface area contributed by atoms with E-state index in [1.54, 1.807) is 12.1 Å². The molecule has 1 N–H and O–H groups in total. The van der Waals surface area contributed by atoms with Crippen molar-refractivity contribution in [3.05, 3.63) is 52.1 Å². The summed E-state index contributed by atoms with van der Waals surface area (Å²) in [5.74, 6) is 0.360. The van der Waals surface area contributed by atoms with Crippen LogP contribution in [0.1, 0.15) is 17.0 Å². The molecular formula is C12H12ClFN2O. The van der Waals surface area contributed by atoms with Gasteiger partial charge in [-0.15, -0.1) is 0 Å². The zero-order chi connectivity index (χ0) is 12.3. The van der Waals surface area contributed by atoms with Crippen LogP contribution in [0.15, 0.2) is 28.8 Å². The average molecular weight is 255 g/mol. The number of aromatic nitrogens is 1. The first-order valence-electron chi connectivity index (χ1n) is 5.22. The quantitative estimate of drug-likeness (QED) is 0.911. The molecule has 0 fully saturated rings. The Kier molecular flexibility index (Phi) is 3.76. The number of aryl methyl sites for hydroxylation is 1. The van der Waals surface area contributed by atoms with Crippen LogP contribution in [0.5, 0.6) is 0 Å². The van der Waals surface area contributed by atoms with E-state index < -0.39 is 5.82 Å². The minimum atomic E-state index is -0.401. The van der Waals surface area contributed by atoms with Crippen molar-refractivity contribution >= 4 is 11.6 Å². The Morgan fingerprint density at radius 1 is 1.35 bits per heavy atom. The molecule has 0 spiro atoms. The van der Waals surface area contributed by atoms with Gasteiger partial charge in [0, 0.05) is 12.6 Å². The largest absolute Gasteiger partial charge is 0.360 e. The van der Waals surface area contributed by atoms with Crippen molar-refractivity contribution in [2.75, 3.05) is 0 Å². The molecule has 5 heteroatoms. The van der Waals surface area contributed by atoms with Crippen LogP contribution in [-0.2, 0) is 13.1 Å². The Bertz CT molecular complexity index is 513. The maximum Gasteiger partial charge on any atom is 0.150 e. The number of halogens is 2. The van der Waals surface area contributed by atoms with E-state index in [1.807, 2.05) is 13.0 Å². The summed E-state index contributed by atoms with van der Waals surface area (Å²) in [5.41, 5.74) is 1.68. The fourth-order valence-corrected chi connectivity index (χ4v) is 1.60. The van der Waals surface area contributed by atoms with Gasteiger partial charge in [0.2, 0.25) is 0 Å². The normalized spacial score (nSPS) is 10.8. The highest BCUT2D eigenvalue weighted by Crippen LogP contribution is 2.15. The highest BCUT2D eigenvalue weighted by molar-refractivity contribution is 6.30. The molecule has 2 aromatic rings. The third-order valence-electron chi connectivity index (χ3n) is 2.29. The minimum Gasteiger partial charge on any atom is -0.360 e. The first-order valence-corrected chi connectivity index (χ1v) is 5.60. The second-order valence-corrected chi connectivity index (χ2v) is 4.19. The van der Waals surface area contributed by atoms with Gasteiger partial charge in [-0.3, -0.25) is 0 Å². The molecule has 1 heterocycles. The number of nitrogens with zero attached hydrogens (tertiary/aromatic N) is 1. The Labute approximate surface area is 104 Å². The van der Waals surface area contributed by atoms with E-state index >= 15 is 0 Å². The van der Waals surface area contributed by atoms with Gasteiger partial charge in [-0.05, 0) is 24.6 Å². The Morgan fingerprint density at radius 3 is 2.82 bits per heavy atom. The highest BCUT2D eigenvalue weighted by Gasteiger charge is 2.02. The molecular weight excluding hydrogens is 243 g/mol. The minimum absolute atomic E-state index is 0.139. The molecule has 0 aliphatic rings. The maximum atomic E-state index is 13.1. The fraction of sp³-hybridized carbons (Fsp3) is 0.250. The summed E-state index contributed by atoms with van der Waals surface area (Å²) in [4.78, 5) is 0. The van der Waals surface area contributed by atoms with E-state index in [0.29, 0.717) is 13.1 Å². The molecule has 0 radical (unpaired) electrons. The lowest BCUT2D eigenvalue weighted by atomic mass is 10.2. The summed E-state index contributed by atoms with van der Waals surface area (Å²) in [6.45, 7) is 2.97. The van der Waals surface area contributed by atoms with Gasteiger partial charge in [-0.1, -0.05) is 22.8 Å². The molecule has 0 bridgehead atoms. The summed E-state index contributed by atoms with van der Waals surface area (Å²) in [6.07, 6.45) is 0. The van der Waals surface area contributed by atoms with Crippen molar-refractivity contribution < 1.29 is 8.91 Å². The monoisotopic (exact) mass is 254 g/mol. The molecule has 90 valence electrons. The van der Waals surface area contributed by atoms with Crippen LogP contribution >= 0.6 is 11.6 Å². The van der Waals surface area contributed by atoms with Gasteiger partial charge >= 0.3 is 0 Å². The fourth-order valence-electron chi connectivity index (χ4n) is 1.48. The molecule has 0 amide bonds. The van der Waals surface area contributed by atoms with E-state index in [1.165, 1.54) is 6.07 Å². The molecule has 2 rings (SSSR count). The molecule has 0 saturated carbocycles. The predicted octanol–water partition coefficient (Wildman–Crippen LogP) is 3.07. The van der Waals surface area contributed by atoms with Gasteiger partial charge in [-0.2, -0.15) is 0 Å². The van der Waals surface area contributed by atoms with Crippen molar-refractivity contribution in [3.63, 3.8) is 0 Å². The van der Waals surface area contributed by atoms with Crippen molar-refractivity contribution in [1.29, 1.82) is 0 Å². The van der Waals surface area contributed by atoms with Gasteiger partial charge in [0.05, 0.1) is 17.3 Å². The van der Waals surface area contributed by atoms with E-state index in [-0.39, 0.29) is 5.02 Å². The summed E-state index contributed by atoms with van der Waals surface area (Å²) in [7, 11) is 0. The number of hydrogen-bond donors (Lipinski definition) is 1. The molecule has 17 heavy (non-hydrogen) atoms. The molecule has 0 saturated heterocycles. The second-order valence-electron chi connectivity index (χ2n) is 3.79. The van der Waals surface area contributed by atoms with Crippen molar-refractivity contribution in [1.82, 2.24) is 10.5 Å². The van der Waals surface area contributed by atoms with Gasteiger partial charge in [0.1, 0.15) is 5.82 Å². The maximum absolute atomic E-state index is 13.1. The molecule has 1 aromatic heterocycles. The van der Waals surface area contributed by atoms with Crippen LogP contribution in [-0.4, -0.2) is 5.16 Å². The Hall–Kier alpha value is -1.39. The summed E-state index contributed by atoms with van der Waals surface area (Å²) in [5, 5.41) is 7.05. The molecule has 0 aliphatic carbocycles. The summed E-state index contributed by atoms with van der Waals surface area (Å²) >= 11 is 5.59. The third kappa shape index (κ3) is 3.28. The lowest BCUT2D eigenvalue weighted by Gasteiger charge is -2.03.